The summed E-state index contributed by atoms with van der Waals surface area (Å²) in [4.78, 5) is 0. The third-order valence-corrected chi connectivity index (χ3v) is 3.65. The lowest BCUT2D eigenvalue weighted by atomic mass is 10.2. The van der Waals surface area contributed by atoms with E-state index in [-0.39, 0.29) is 5.75 Å². The lowest BCUT2D eigenvalue weighted by molar-refractivity contribution is 0.442. The van der Waals surface area contributed by atoms with Crippen molar-refractivity contribution in [2.45, 2.75) is 19.9 Å². The molecule has 0 aromatic heterocycles. The van der Waals surface area contributed by atoms with Gasteiger partial charge in [-0.1, -0.05) is 40.5 Å². The van der Waals surface area contributed by atoms with Crippen molar-refractivity contribution in [3.05, 3.63) is 57.3 Å². The van der Waals surface area contributed by atoms with Crippen LogP contribution in [-0.4, -0.2) is 6.54 Å². The molecule has 0 amide bonds. The Morgan fingerprint density at radius 3 is 2.62 bits per heavy atom. The van der Waals surface area contributed by atoms with Crippen LogP contribution in [0.25, 0.3) is 0 Å². The number of benzene rings is 2. The Hall–Kier alpha value is -1.10. The van der Waals surface area contributed by atoms with E-state index >= 15 is 0 Å². The average Bonchev–Trinajstić information content (AvgIpc) is 2.44. The van der Waals surface area contributed by atoms with Crippen molar-refractivity contribution in [1.29, 1.82) is 0 Å². The topological polar surface area (TPSA) is 21.3 Å². The zero-order chi connectivity index (χ0) is 15.2. The quantitative estimate of drug-likeness (QED) is 0.673. The molecule has 2 aromatic rings. The molecule has 0 atom stereocenters. The first-order chi connectivity index (χ1) is 10.1. The second kappa shape index (κ2) is 7.78. The summed E-state index contributed by atoms with van der Waals surface area (Å²) in [5, 5.41) is 3.76. The second-order valence-corrected chi connectivity index (χ2v) is 5.94. The summed E-state index contributed by atoms with van der Waals surface area (Å²) in [5.41, 5.74) is 1.07. The van der Waals surface area contributed by atoms with Gasteiger partial charge in [-0.3, -0.25) is 0 Å². The number of hydrogen-bond acceptors (Lipinski definition) is 2. The Bertz CT molecular complexity index is 621. The SMILES string of the molecule is CCCNCc1ccc(Oc2ccc(Br)cc2F)c(Cl)c1. The van der Waals surface area contributed by atoms with Crippen LogP contribution >= 0.6 is 27.5 Å². The molecule has 0 aliphatic rings. The molecule has 1 N–H and O–H groups in total. The molecule has 2 rings (SSSR count). The van der Waals surface area contributed by atoms with Crippen molar-refractivity contribution in [2.24, 2.45) is 0 Å². The van der Waals surface area contributed by atoms with Gasteiger partial charge >= 0.3 is 0 Å². The van der Waals surface area contributed by atoms with Gasteiger partial charge in [-0.25, -0.2) is 4.39 Å². The molecular formula is C16H16BrClFNO. The third-order valence-electron chi connectivity index (χ3n) is 2.87. The van der Waals surface area contributed by atoms with Gasteiger partial charge in [-0.05, 0) is 48.9 Å². The predicted octanol–water partition coefficient (Wildman–Crippen LogP) is 5.53. The lowest BCUT2D eigenvalue weighted by Crippen LogP contribution is -2.13. The van der Waals surface area contributed by atoms with Gasteiger partial charge in [0.25, 0.3) is 0 Å². The minimum absolute atomic E-state index is 0.150. The summed E-state index contributed by atoms with van der Waals surface area (Å²) >= 11 is 9.40. The van der Waals surface area contributed by atoms with E-state index in [2.05, 4.69) is 28.2 Å². The molecule has 0 radical (unpaired) electrons. The highest BCUT2D eigenvalue weighted by Crippen LogP contribution is 2.32. The smallest absolute Gasteiger partial charge is 0.166 e. The van der Waals surface area contributed by atoms with Crippen LogP contribution in [0, 0.1) is 5.82 Å². The molecule has 2 nitrogen and oxygen atoms in total. The first-order valence-electron chi connectivity index (χ1n) is 6.72. The number of ether oxygens (including phenoxy) is 1. The monoisotopic (exact) mass is 371 g/mol. The van der Waals surface area contributed by atoms with E-state index in [9.17, 15) is 4.39 Å². The molecule has 112 valence electrons. The first kappa shape index (κ1) is 16.3. The Morgan fingerprint density at radius 2 is 1.95 bits per heavy atom. The molecule has 0 bridgehead atoms. The highest BCUT2D eigenvalue weighted by atomic mass is 79.9. The fraction of sp³-hybridized carbons (Fsp3) is 0.250. The van der Waals surface area contributed by atoms with Gasteiger partial charge in [-0.15, -0.1) is 0 Å². The molecule has 0 spiro atoms. The van der Waals surface area contributed by atoms with E-state index < -0.39 is 5.82 Å². The van der Waals surface area contributed by atoms with Gasteiger partial charge in [0.1, 0.15) is 5.75 Å². The van der Waals surface area contributed by atoms with E-state index in [1.54, 1.807) is 18.2 Å². The number of halogens is 3. The Morgan fingerprint density at radius 1 is 1.19 bits per heavy atom. The standard InChI is InChI=1S/C16H16BrClFNO/c1-2-7-20-10-11-3-5-15(13(18)8-11)21-16-6-4-12(17)9-14(16)19/h3-6,8-9,20H,2,7,10H2,1H3. The molecule has 2 aromatic carbocycles. The lowest BCUT2D eigenvalue weighted by Gasteiger charge is -2.10. The van der Waals surface area contributed by atoms with E-state index in [4.69, 9.17) is 16.3 Å². The fourth-order valence-corrected chi connectivity index (χ4v) is 2.40. The maximum absolute atomic E-state index is 13.7. The maximum Gasteiger partial charge on any atom is 0.166 e. The van der Waals surface area contributed by atoms with E-state index in [1.807, 2.05) is 12.1 Å². The molecule has 5 heteroatoms. The van der Waals surface area contributed by atoms with E-state index in [0.717, 1.165) is 25.1 Å². The minimum Gasteiger partial charge on any atom is -0.453 e. The molecule has 0 heterocycles. The van der Waals surface area contributed by atoms with Crippen molar-refractivity contribution >= 4 is 27.5 Å². The Kier molecular flexibility index (Phi) is 6.03. The van der Waals surface area contributed by atoms with Crippen molar-refractivity contribution in [1.82, 2.24) is 5.32 Å². The van der Waals surface area contributed by atoms with Gasteiger partial charge in [0.2, 0.25) is 0 Å². The van der Waals surface area contributed by atoms with E-state index in [0.29, 0.717) is 15.2 Å². The molecule has 0 saturated heterocycles. The molecule has 0 aliphatic carbocycles. The largest absolute Gasteiger partial charge is 0.453 e. The molecule has 0 unspecified atom stereocenters. The Labute approximate surface area is 137 Å². The Balaban J connectivity index is 2.10. The van der Waals surface area contributed by atoms with Crippen molar-refractivity contribution in [3.8, 4) is 11.5 Å². The highest BCUT2D eigenvalue weighted by molar-refractivity contribution is 9.10. The average molecular weight is 373 g/mol. The summed E-state index contributed by atoms with van der Waals surface area (Å²) < 4.78 is 19.9. The van der Waals surface area contributed by atoms with Crippen LogP contribution in [0.1, 0.15) is 18.9 Å². The van der Waals surface area contributed by atoms with Crippen LogP contribution in [0.15, 0.2) is 40.9 Å². The summed E-state index contributed by atoms with van der Waals surface area (Å²) in [5.74, 6) is 0.156. The molecule has 0 aliphatic heterocycles. The van der Waals surface area contributed by atoms with Gasteiger partial charge < -0.3 is 10.1 Å². The third kappa shape index (κ3) is 4.70. The highest BCUT2D eigenvalue weighted by Gasteiger charge is 2.09. The van der Waals surface area contributed by atoms with Crippen LogP contribution < -0.4 is 10.1 Å². The van der Waals surface area contributed by atoms with Gasteiger partial charge in [0.05, 0.1) is 5.02 Å². The summed E-state index contributed by atoms with van der Waals surface area (Å²) in [6.07, 6.45) is 1.08. The van der Waals surface area contributed by atoms with Crippen molar-refractivity contribution < 1.29 is 9.13 Å². The summed E-state index contributed by atoms with van der Waals surface area (Å²) in [6, 6.07) is 10.1. The first-order valence-corrected chi connectivity index (χ1v) is 7.89. The zero-order valence-corrected chi connectivity index (χ0v) is 14.0. The van der Waals surface area contributed by atoms with Gasteiger partial charge in [-0.2, -0.15) is 0 Å². The molecular weight excluding hydrogens is 357 g/mol. The van der Waals surface area contributed by atoms with Crippen molar-refractivity contribution in [2.75, 3.05) is 6.54 Å². The van der Waals surface area contributed by atoms with Crippen LogP contribution in [0.3, 0.4) is 0 Å². The van der Waals surface area contributed by atoms with Gasteiger partial charge in [0, 0.05) is 11.0 Å². The molecule has 21 heavy (non-hydrogen) atoms. The number of hydrogen-bond donors (Lipinski definition) is 1. The summed E-state index contributed by atoms with van der Waals surface area (Å²) in [6.45, 7) is 3.82. The normalized spacial score (nSPS) is 10.7. The second-order valence-electron chi connectivity index (χ2n) is 4.62. The summed E-state index contributed by atoms with van der Waals surface area (Å²) in [7, 11) is 0. The van der Waals surface area contributed by atoms with Crippen LogP contribution in [0.2, 0.25) is 5.02 Å². The predicted molar refractivity (Wildman–Crippen MR) is 87.6 cm³/mol. The van der Waals surface area contributed by atoms with Crippen LogP contribution in [0.4, 0.5) is 4.39 Å². The molecule has 0 fully saturated rings. The maximum atomic E-state index is 13.7. The zero-order valence-electron chi connectivity index (χ0n) is 11.6. The number of rotatable bonds is 6. The number of nitrogens with one attached hydrogen (secondary N) is 1. The van der Waals surface area contributed by atoms with Crippen LogP contribution in [0.5, 0.6) is 11.5 Å². The van der Waals surface area contributed by atoms with Crippen LogP contribution in [-0.2, 0) is 6.54 Å². The minimum atomic E-state index is -0.436. The van der Waals surface area contributed by atoms with Crippen molar-refractivity contribution in [3.63, 3.8) is 0 Å². The van der Waals surface area contributed by atoms with E-state index in [1.165, 1.54) is 6.07 Å². The molecule has 0 saturated carbocycles. The fourth-order valence-electron chi connectivity index (χ4n) is 1.82. The van der Waals surface area contributed by atoms with Gasteiger partial charge in [0.15, 0.2) is 11.6 Å².